The molecule has 1 aliphatic heterocycles. The average Bonchev–Trinajstić information content (AvgIpc) is 3.37. The first kappa shape index (κ1) is 18.9. The van der Waals surface area contributed by atoms with Gasteiger partial charge in [0.05, 0.1) is 19.1 Å². The molecular formula is C21H23N5O3. The van der Waals surface area contributed by atoms with Crippen molar-refractivity contribution in [3.05, 3.63) is 54.0 Å². The van der Waals surface area contributed by atoms with E-state index in [0.717, 1.165) is 42.2 Å². The van der Waals surface area contributed by atoms with Crippen LogP contribution in [0.15, 0.2) is 47.1 Å². The molecule has 3 heterocycles. The maximum absolute atomic E-state index is 12.4. The highest BCUT2D eigenvalue weighted by molar-refractivity contribution is 5.79. The van der Waals surface area contributed by atoms with Gasteiger partial charge in [-0.15, -0.1) is 0 Å². The van der Waals surface area contributed by atoms with Crippen LogP contribution in [0.25, 0.3) is 11.5 Å². The molecule has 0 spiro atoms. The lowest BCUT2D eigenvalue weighted by molar-refractivity contribution is -0.121. The third-order valence-electron chi connectivity index (χ3n) is 4.90. The molecule has 1 aromatic carbocycles. The van der Waals surface area contributed by atoms with Crippen molar-refractivity contribution >= 4 is 11.7 Å². The number of nitrogens with zero attached hydrogens (tertiary/aromatic N) is 4. The normalized spacial score (nSPS) is 16.1. The first-order valence-corrected chi connectivity index (χ1v) is 9.54. The summed E-state index contributed by atoms with van der Waals surface area (Å²) >= 11 is 0. The van der Waals surface area contributed by atoms with Gasteiger partial charge in [0.2, 0.25) is 5.91 Å². The summed E-state index contributed by atoms with van der Waals surface area (Å²) in [5, 5.41) is 6.92. The van der Waals surface area contributed by atoms with E-state index in [9.17, 15) is 4.79 Å². The molecular weight excluding hydrogens is 370 g/mol. The maximum atomic E-state index is 12.4. The summed E-state index contributed by atoms with van der Waals surface area (Å²) < 4.78 is 10.4. The van der Waals surface area contributed by atoms with Crippen LogP contribution < -0.4 is 15.0 Å². The van der Waals surface area contributed by atoms with Crippen LogP contribution in [-0.2, 0) is 11.2 Å². The summed E-state index contributed by atoms with van der Waals surface area (Å²) in [5.74, 6) is 2.70. The van der Waals surface area contributed by atoms with E-state index in [1.54, 1.807) is 20.2 Å². The SMILES string of the molecule is COc1cccc(CC(=O)NC2CCN(c3ccc(-c4nc(C)no4)cn3)C2)c1. The van der Waals surface area contributed by atoms with Crippen molar-refractivity contribution in [3.8, 4) is 17.2 Å². The molecule has 4 rings (SSSR count). The molecule has 0 bridgehead atoms. The monoisotopic (exact) mass is 393 g/mol. The summed E-state index contributed by atoms with van der Waals surface area (Å²) in [6.45, 7) is 3.35. The van der Waals surface area contributed by atoms with Crippen LogP contribution in [-0.4, -0.2) is 47.3 Å². The van der Waals surface area contributed by atoms with E-state index in [1.165, 1.54) is 0 Å². The maximum Gasteiger partial charge on any atom is 0.259 e. The highest BCUT2D eigenvalue weighted by Gasteiger charge is 2.25. The molecule has 2 aromatic heterocycles. The highest BCUT2D eigenvalue weighted by atomic mass is 16.5. The Morgan fingerprint density at radius 2 is 2.24 bits per heavy atom. The Labute approximate surface area is 168 Å². The van der Waals surface area contributed by atoms with E-state index >= 15 is 0 Å². The average molecular weight is 393 g/mol. The van der Waals surface area contributed by atoms with E-state index in [2.05, 4.69) is 25.3 Å². The zero-order valence-corrected chi connectivity index (χ0v) is 16.5. The summed E-state index contributed by atoms with van der Waals surface area (Å²) in [6.07, 6.45) is 2.96. The lowest BCUT2D eigenvalue weighted by atomic mass is 10.1. The summed E-state index contributed by atoms with van der Waals surface area (Å²) in [5.41, 5.74) is 1.72. The minimum absolute atomic E-state index is 0.0140. The molecule has 0 saturated carbocycles. The number of benzene rings is 1. The highest BCUT2D eigenvalue weighted by Crippen LogP contribution is 2.22. The number of methoxy groups -OCH3 is 1. The van der Waals surface area contributed by atoms with Gasteiger partial charge in [-0.05, 0) is 43.2 Å². The van der Waals surface area contributed by atoms with Crippen molar-refractivity contribution in [2.75, 3.05) is 25.1 Å². The van der Waals surface area contributed by atoms with Gasteiger partial charge >= 0.3 is 0 Å². The van der Waals surface area contributed by atoms with Crippen molar-refractivity contribution in [2.45, 2.75) is 25.8 Å². The van der Waals surface area contributed by atoms with Crippen LogP contribution in [0.3, 0.4) is 0 Å². The number of amides is 1. The lowest BCUT2D eigenvalue weighted by Gasteiger charge is -2.18. The van der Waals surface area contributed by atoms with Gasteiger partial charge in [0.1, 0.15) is 11.6 Å². The van der Waals surface area contributed by atoms with Crippen LogP contribution >= 0.6 is 0 Å². The molecule has 150 valence electrons. The Morgan fingerprint density at radius 3 is 2.97 bits per heavy atom. The molecule has 1 N–H and O–H groups in total. The molecule has 1 unspecified atom stereocenters. The third-order valence-corrected chi connectivity index (χ3v) is 4.90. The smallest absolute Gasteiger partial charge is 0.259 e. The van der Waals surface area contributed by atoms with Crippen molar-refractivity contribution in [1.29, 1.82) is 0 Å². The molecule has 1 fully saturated rings. The zero-order chi connectivity index (χ0) is 20.2. The zero-order valence-electron chi connectivity index (χ0n) is 16.5. The molecule has 8 nitrogen and oxygen atoms in total. The van der Waals surface area contributed by atoms with E-state index in [-0.39, 0.29) is 11.9 Å². The second kappa shape index (κ2) is 8.30. The molecule has 0 radical (unpaired) electrons. The number of carbonyl (C=O) groups is 1. The topological polar surface area (TPSA) is 93.4 Å². The number of pyridine rings is 1. The minimum Gasteiger partial charge on any atom is -0.497 e. The Balaban J connectivity index is 1.32. The van der Waals surface area contributed by atoms with Crippen LogP contribution in [0.1, 0.15) is 17.8 Å². The molecule has 1 aliphatic rings. The molecule has 0 aliphatic carbocycles. The van der Waals surface area contributed by atoms with Gasteiger partial charge in [0.25, 0.3) is 5.89 Å². The predicted molar refractivity (Wildman–Crippen MR) is 108 cm³/mol. The molecule has 3 aromatic rings. The number of hydrogen-bond acceptors (Lipinski definition) is 7. The summed E-state index contributed by atoms with van der Waals surface area (Å²) in [6, 6.07) is 11.5. The standard InChI is InChI=1S/C21H23N5O3/c1-14-23-21(29-25-14)16-6-7-19(22-12-16)26-9-8-17(13-26)24-20(27)11-15-4-3-5-18(10-15)28-2/h3-7,10,12,17H,8-9,11,13H2,1-2H3,(H,24,27). The van der Waals surface area contributed by atoms with Crippen molar-refractivity contribution in [3.63, 3.8) is 0 Å². The number of rotatable bonds is 6. The number of hydrogen-bond donors (Lipinski definition) is 1. The van der Waals surface area contributed by atoms with Crippen molar-refractivity contribution in [2.24, 2.45) is 0 Å². The second-order valence-electron chi connectivity index (χ2n) is 7.08. The Hall–Kier alpha value is -3.42. The van der Waals surface area contributed by atoms with Gasteiger partial charge in [-0.2, -0.15) is 4.98 Å². The second-order valence-corrected chi connectivity index (χ2v) is 7.08. The van der Waals surface area contributed by atoms with E-state index in [1.807, 2.05) is 36.4 Å². The van der Waals surface area contributed by atoms with Crippen molar-refractivity contribution in [1.82, 2.24) is 20.4 Å². The Bertz CT molecular complexity index is 986. The van der Waals surface area contributed by atoms with Crippen LogP contribution in [0.2, 0.25) is 0 Å². The lowest BCUT2D eigenvalue weighted by Crippen LogP contribution is -2.38. The first-order valence-electron chi connectivity index (χ1n) is 9.54. The van der Waals surface area contributed by atoms with Crippen LogP contribution in [0.5, 0.6) is 5.75 Å². The number of nitrogens with one attached hydrogen (secondary N) is 1. The largest absolute Gasteiger partial charge is 0.497 e. The van der Waals surface area contributed by atoms with Crippen molar-refractivity contribution < 1.29 is 14.1 Å². The number of aryl methyl sites for hydroxylation is 1. The van der Waals surface area contributed by atoms with Gasteiger partial charge in [-0.1, -0.05) is 17.3 Å². The fraction of sp³-hybridized carbons (Fsp3) is 0.333. The third kappa shape index (κ3) is 4.53. The minimum atomic E-state index is 0.0140. The number of carbonyl (C=O) groups excluding carboxylic acids is 1. The van der Waals surface area contributed by atoms with Gasteiger partial charge in [0, 0.05) is 25.3 Å². The summed E-state index contributed by atoms with van der Waals surface area (Å²) in [7, 11) is 1.62. The summed E-state index contributed by atoms with van der Waals surface area (Å²) in [4.78, 5) is 23.3. The van der Waals surface area contributed by atoms with Gasteiger partial charge < -0.3 is 19.5 Å². The van der Waals surface area contributed by atoms with Gasteiger partial charge in [0.15, 0.2) is 5.82 Å². The van der Waals surface area contributed by atoms with Gasteiger partial charge in [-0.25, -0.2) is 4.98 Å². The predicted octanol–water partition coefficient (Wildman–Crippen LogP) is 2.39. The first-order chi connectivity index (χ1) is 14.1. The van der Waals surface area contributed by atoms with Gasteiger partial charge in [-0.3, -0.25) is 4.79 Å². The molecule has 29 heavy (non-hydrogen) atoms. The Morgan fingerprint density at radius 1 is 1.34 bits per heavy atom. The molecule has 1 saturated heterocycles. The number of aromatic nitrogens is 3. The number of ether oxygens (including phenoxy) is 1. The quantitative estimate of drug-likeness (QED) is 0.687. The molecule has 1 atom stereocenters. The molecule has 8 heteroatoms. The van der Waals surface area contributed by atoms with Crippen LogP contribution in [0, 0.1) is 6.92 Å². The molecule has 1 amide bonds. The Kier molecular flexibility index (Phi) is 5.41. The van der Waals surface area contributed by atoms with E-state index < -0.39 is 0 Å². The fourth-order valence-electron chi connectivity index (χ4n) is 3.45. The fourth-order valence-corrected chi connectivity index (χ4v) is 3.45. The van der Waals surface area contributed by atoms with E-state index in [0.29, 0.717) is 18.1 Å². The van der Waals surface area contributed by atoms with E-state index in [4.69, 9.17) is 9.26 Å². The number of anilines is 1. The van der Waals surface area contributed by atoms with Crippen LogP contribution in [0.4, 0.5) is 5.82 Å².